The first-order valence-corrected chi connectivity index (χ1v) is 7.37. The van der Waals surface area contributed by atoms with E-state index in [2.05, 4.69) is 10.3 Å². The van der Waals surface area contributed by atoms with Gasteiger partial charge in [0.25, 0.3) is 0 Å². The quantitative estimate of drug-likeness (QED) is 0.886. The van der Waals surface area contributed by atoms with Crippen LogP contribution < -0.4 is 5.32 Å². The minimum absolute atomic E-state index is 0.196. The van der Waals surface area contributed by atoms with Crippen LogP contribution in [0.4, 0.5) is 14.9 Å². The Bertz CT molecular complexity index is 828. The summed E-state index contributed by atoms with van der Waals surface area (Å²) >= 11 is 0. The fraction of sp³-hybridized carbons (Fsp3) is 0.176. The van der Waals surface area contributed by atoms with E-state index in [1.54, 1.807) is 12.3 Å². The molecule has 0 bridgehead atoms. The minimum atomic E-state index is -0.462. The second kappa shape index (κ2) is 6.46. The molecule has 24 heavy (non-hydrogen) atoms. The molecule has 2 heterocycles. The molecule has 1 unspecified atom stereocenters. The number of amides is 2. The van der Waals surface area contributed by atoms with Crippen molar-refractivity contribution in [2.24, 2.45) is 0 Å². The molecule has 6 nitrogen and oxygen atoms in total. The van der Waals surface area contributed by atoms with E-state index in [0.717, 1.165) is 0 Å². The van der Waals surface area contributed by atoms with E-state index in [1.807, 2.05) is 6.07 Å². The highest BCUT2D eigenvalue weighted by atomic mass is 19.1. The van der Waals surface area contributed by atoms with Crippen molar-refractivity contribution in [1.82, 2.24) is 9.88 Å². The van der Waals surface area contributed by atoms with Crippen molar-refractivity contribution in [2.45, 2.75) is 18.9 Å². The Hall–Kier alpha value is -3.27. The van der Waals surface area contributed by atoms with E-state index in [-0.39, 0.29) is 17.7 Å². The molecule has 120 valence electrons. The first-order chi connectivity index (χ1) is 11.6. The summed E-state index contributed by atoms with van der Waals surface area (Å²) < 4.78 is 13.0. The molecule has 3 rings (SSSR count). The predicted molar refractivity (Wildman–Crippen MR) is 85.9 cm³/mol. The van der Waals surface area contributed by atoms with Gasteiger partial charge in [0.2, 0.25) is 0 Å². The molecule has 0 saturated carbocycles. The van der Waals surface area contributed by atoms with Gasteiger partial charge in [-0.2, -0.15) is 5.26 Å². The molecule has 2 N–H and O–H groups in total. The Morgan fingerprint density at radius 3 is 2.83 bits per heavy atom. The van der Waals surface area contributed by atoms with Crippen LogP contribution in [0.15, 0.2) is 42.7 Å². The van der Waals surface area contributed by atoms with Gasteiger partial charge in [0.05, 0.1) is 11.6 Å². The number of rotatable bonds is 2. The molecule has 2 aromatic rings. The second-order valence-corrected chi connectivity index (χ2v) is 5.43. The summed E-state index contributed by atoms with van der Waals surface area (Å²) in [4.78, 5) is 17.9. The molecule has 1 aromatic heterocycles. The lowest BCUT2D eigenvalue weighted by molar-refractivity contribution is 0.225. The van der Waals surface area contributed by atoms with Gasteiger partial charge in [0.1, 0.15) is 17.7 Å². The molecule has 1 aliphatic heterocycles. The fourth-order valence-electron chi connectivity index (χ4n) is 2.71. The molecule has 1 fully saturated rings. The van der Waals surface area contributed by atoms with Crippen molar-refractivity contribution in [3.05, 3.63) is 59.7 Å². The van der Waals surface area contributed by atoms with E-state index < -0.39 is 6.03 Å². The van der Waals surface area contributed by atoms with Gasteiger partial charge in [-0.25, -0.2) is 9.18 Å². The SMILES string of the molecule is N#Cc1cncc(C2CCC(=N)N2C(=O)Nc2ccc(F)cc2)c1. The highest BCUT2D eigenvalue weighted by Gasteiger charge is 2.34. The highest BCUT2D eigenvalue weighted by Crippen LogP contribution is 2.33. The standard InChI is InChI=1S/C17H14FN5O/c18-13-1-3-14(4-2-13)22-17(24)23-15(5-6-16(23)20)12-7-11(8-19)9-21-10-12/h1-4,7,9-10,15,20H,5-6H2,(H,22,24). The van der Waals surface area contributed by atoms with Crippen molar-refractivity contribution in [1.29, 1.82) is 10.7 Å². The molecule has 1 aliphatic rings. The zero-order valence-electron chi connectivity index (χ0n) is 12.7. The Morgan fingerprint density at radius 2 is 2.12 bits per heavy atom. The van der Waals surface area contributed by atoms with Crippen LogP contribution in [0.25, 0.3) is 0 Å². The normalized spacial score (nSPS) is 16.8. The van der Waals surface area contributed by atoms with Crippen molar-refractivity contribution >= 4 is 17.6 Å². The Kier molecular flexibility index (Phi) is 4.20. The van der Waals surface area contributed by atoms with Crippen molar-refractivity contribution in [3.8, 4) is 6.07 Å². The third-order valence-electron chi connectivity index (χ3n) is 3.84. The van der Waals surface area contributed by atoms with Crippen LogP contribution >= 0.6 is 0 Å². The lowest BCUT2D eigenvalue weighted by Crippen LogP contribution is -2.37. The summed E-state index contributed by atoms with van der Waals surface area (Å²) in [6.07, 6.45) is 4.10. The lowest BCUT2D eigenvalue weighted by atomic mass is 10.1. The molecule has 1 atom stereocenters. The van der Waals surface area contributed by atoms with Crippen LogP contribution in [0.2, 0.25) is 0 Å². The topological polar surface area (TPSA) is 92.9 Å². The number of hydrogen-bond acceptors (Lipinski definition) is 4. The van der Waals surface area contributed by atoms with Crippen LogP contribution in [0.5, 0.6) is 0 Å². The molecule has 2 amide bonds. The van der Waals surface area contributed by atoms with Gasteiger partial charge >= 0.3 is 6.03 Å². The molecule has 0 radical (unpaired) electrons. The fourth-order valence-corrected chi connectivity index (χ4v) is 2.71. The first kappa shape index (κ1) is 15.6. The van der Waals surface area contributed by atoms with Gasteiger partial charge in [-0.05, 0) is 42.3 Å². The molecule has 1 saturated heterocycles. The minimum Gasteiger partial charge on any atom is -0.307 e. The smallest absolute Gasteiger partial charge is 0.307 e. The number of aromatic nitrogens is 1. The number of pyridine rings is 1. The summed E-state index contributed by atoms with van der Waals surface area (Å²) in [6, 6.07) is 8.31. The summed E-state index contributed by atoms with van der Waals surface area (Å²) in [5.74, 6) is -0.193. The average molecular weight is 323 g/mol. The highest BCUT2D eigenvalue weighted by molar-refractivity contribution is 6.03. The number of nitrogens with zero attached hydrogens (tertiary/aromatic N) is 3. The molecule has 0 aliphatic carbocycles. The van der Waals surface area contributed by atoms with Crippen LogP contribution in [-0.2, 0) is 0 Å². The van der Waals surface area contributed by atoms with Gasteiger partial charge in [-0.1, -0.05) is 0 Å². The van der Waals surface area contributed by atoms with Crippen LogP contribution in [0.3, 0.4) is 0 Å². The number of halogens is 1. The zero-order chi connectivity index (χ0) is 17.1. The van der Waals surface area contributed by atoms with E-state index in [0.29, 0.717) is 29.7 Å². The van der Waals surface area contributed by atoms with Gasteiger partial charge < -0.3 is 5.32 Å². The number of carbonyl (C=O) groups excluding carboxylic acids is 1. The number of anilines is 1. The third-order valence-corrected chi connectivity index (χ3v) is 3.84. The maximum Gasteiger partial charge on any atom is 0.327 e. The number of carbonyl (C=O) groups is 1. The van der Waals surface area contributed by atoms with Gasteiger partial charge in [0.15, 0.2) is 0 Å². The monoisotopic (exact) mass is 323 g/mol. The number of hydrogen-bond donors (Lipinski definition) is 2. The molecule has 0 spiro atoms. The Labute approximate surface area is 138 Å². The predicted octanol–water partition coefficient (Wildman–Crippen LogP) is 3.44. The maximum atomic E-state index is 13.0. The zero-order valence-corrected chi connectivity index (χ0v) is 12.7. The second-order valence-electron chi connectivity index (χ2n) is 5.43. The van der Waals surface area contributed by atoms with Crippen molar-refractivity contribution in [2.75, 3.05) is 5.32 Å². The summed E-state index contributed by atoms with van der Waals surface area (Å²) in [6.45, 7) is 0. The number of urea groups is 1. The van der Waals surface area contributed by atoms with Crippen molar-refractivity contribution < 1.29 is 9.18 Å². The van der Waals surface area contributed by atoms with E-state index in [9.17, 15) is 9.18 Å². The molecule has 7 heteroatoms. The molecule has 1 aromatic carbocycles. The largest absolute Gasteiger partial charge is 0.327 e. The first-order valence-electron chi connectivity index (χ1n) is 7.37. The number of benzene rings is 1. The summed E-state index contributed by atoms with van der Waals surface area (Å²) in [5, 5.41) is 19.7. The summed E-state index contributed by atoms with van der Waals surface area (Å²) in [5.41, 5.74) is 1.57. The number of likely N-dealkylation sites (tertiary alicyclic amines) is 1. The van der Waals surface area contributed by atoms with Crippen molar-refractivity contribution in [3.63, 3.8) is 0 Å². The van der Waals surface area contributed by atoms with Gasteiger partial charge in [-0.3, -0.25) is 15.3 Å². The van der Waals surface area contributed by atoms with E-state index >= 15 is 0 Å². The number of nitriles is 1. The molecular formula is C17H14FN5O. The Morgan fingerprint density at radius 1 is 1.38 bits per heavy atom. The third kappa shape index (κ3) is 3.08. The van der Waals surface area contributed by atoms with Gasteiger partial charge in [0, 0.05) is 24.5 Å². The van der Waals surface area contributed by atoms with Crippen LogP contribution in [0, 0.1) is 22.6 Å². The van der Waals surface area contributed by atoms with Gasteiger partial charge in [-0.15, -0.1) is 0 Å². The Balaban J connectivity index is 1.83. The maximum absolute atomic E-state index is 13.0. The average Bonchev–Trinajstić information content (AvgIpc) is 2.98. The summed E-state index contributed by atoms with van der Waals surface area (Å²) in [7, 11) is 0. The van der Waals surface area contributed by atoms with Crippen LogP contribution in [0.1, 0.15) is 30.0 Å². The van der Waals surface area contributed by atoms with E-state index in [1.165, 1.54) is 35.4 Å². The molecular weight excluding hydrogens is 309 g/mol. The lowest BCUT2D eigenvalue weighted by Gasteiger charge is -2.25. The number of nitrogens with one attached hydrogen (secondary N) is 2. The number of amidine groups is 1. The van der Waals surface area contributed by atoms with Crippen LogP contribution in [-0.4, -0.2) is 21.8 Å². The van der Waals surface area contributed by atoms with E-state index in [4.69, 9.17) is 10.7 Å².